The van der Waals surface area contributed by atoms with Gasteiger partial charge in [0.05, 0.1) is 19.0 Å². The molecule has 3 rings (SSSR count). The maximum absolute atomic E-state index is 14.5. The topological polar surface area (TPSA) is 98.7 Å². The molecule has 154 valence electrons. The van der Waals surface area contributed by atoms with Crippen LogP contribution in [0.5, 0.6) is 0 Å². The maximum atomic E-state index is 14.5. The monoisotopic (exact) mass is 417 g/mol. The SMILES string of the molecule is Cl.O=C(O)CN1CCC(c2ccc(NC3CCC(=O)NC3=O)cc2)C(F)(F)C1. The summed E-state index contributed by atoms with van der Waals surface area (Å²) >= 11 is 0. The Morgan fingerprint density at radius 2 is 1.93 bits per heavy atom. The summed E-state index contributed by atoms with van der Waals surface area (Å²) in [4.78, 5) is 34.9. The Labute approximate surface area is 166 Å². The van der Waals surface area contributed by atoms with Gasteiger partial charge in [0, 0.05) is 12.1 Å². The minimum absolute atomic E-state index is 0. The molecule has 2 atom stereocenters. The first kappa shape index (κ1) is 22.0. The minimum atomic E-state index is -3.02. The van der Waals surface area contributed by atoms with Crippen LogP contribution in [0.15, 0.2) is 24.3 Å². The number of nitrogens with zero attached hydrogens (tertiary/aromatic N) is 1. The third-order valence-electron chi connectivity index (χ3n) is 4.93. The average molecular weight is 418 g/mol. The number of piperidine rings is 2. The molecule has 0 aliphatic carbocycles. The Hall–Kier alpha value is -2.26. The fraction of sp³-hybridized carbons (Fsp3) is 0.500. The molecule has 0 spiro atoms. The van der Waals surface area contributed by atoms with Gasteiger partial charge in [0.25, 0.3) is 5.92 Å². The van der Waals surface area contributed by atoms with Crippen molar-refractivity contribution in [2.24, 2.45) is 0 Å². The molecule has 2 heterocycles. The molecule has 2 unspecified atom stereocenters. The van der Waals surface area contributed by atoms with Gasteiger partial charge in [0.2, 0.25) is 11.8 Å². The molecule has 0 aromatic heterocycles. The molecular formula is C18H22ClF2N3O4. The summed E-state index contributed by atoms with van der Waals surface area (Å²) in [7, 11) is 0. The third kappa shape index (κ3) is 5.17. The number of amides is 2. The van der Waals surface area contributed by atoms with Crippen molar-refractivity contribution in [2.75, 3.05) is 25.0 Å². The number of aliphatic carboxylic acids is 1. The van der Waals surface area contributed by atoms with Crippen LogP contribution in [-0.4, -0.2) is 59.4 Å². The number of rotatable bonds is 5. The summed E-state index contributed by atoms with van der Waals surface area (Å²) in [6, 6.07) is 5.94. The molecule has 2 fully saturated rings. The largest absolute Gasteiger partial charge is 0.480 e. The van der Waals surface area contributed by atoms with E-state index in [-0.39, 0.29) is 31.2 Å². The number of benzene rings is 1. The molecule has 1 aromatic carbocycles. The van der Waals surface area contributed by atoms with E-state index in [0.717, 1.165) is 0 Å². The Morgan fingerprint density at radius 1 is 1.25 bits per heavy atom. The Bertz CT molecular complexity index is 745. The molecule has 10 heteroatoms. The van der Waals surface area contributed by atoms with Crippen LogP contribution in [0.3, 0.4) is 0 Å². The van der Waals surface area contributed by atoms with Crippen molar-refractivity contribution < 1.29 is 28.3 Å². The van der Waals surface area contributed by atoms with Crippen LogP contribution in [-0.2, 0) is 14.4 Å². The number of anilines is 1. The Kier molecular flexibility index (Phi) is 6.95. The molecule has 2 amide bonds. The van der Waals surface area contributed by atoms with E-state index >= 15 is 0 Å². The second-order valence-electron chi connectivity index (χ2n) is 6.98. The molecule has 2 aliphatic heterocycles. The van der Waals surface area contributed by atoms with Crippen molar-refractivity contribution in [3.8, 4) is 0 Å². The number of likely N-dealkylation sites (tertiary alicyclic amines) is 1. The first-order valence-electron chi connectivity index (χ1n) is 8.77. The average Bonchev–Trinajstić information content (AvgIpc) is 2.57. The van der Waals surface area contributed by atoms with Crippen LogP contribution >= 0.6 is 12.4 Å². The number of hydrogen-bond donors (Lipinski definition) is 3. The van der Waals surface area contributed by atoms with Crippen molar-refractivity contribution in [3.05, 3.63) is 29.8 Å². The standard InChI is InChI=1S/C18H21F2N3O4.ClH/c19-18(20)10-23(9-16(25)26)8-7-13(18)11-1-3-12(4-2-11)21-14-5-6-15(24)22-17(14)27;/h1-4,13-14,21H,5-10H2,(H,25,26)(H,22,24,27);1H. The predicted molar refractivity (Wildman–Crippen MR) is 99.9 cm³/mol. The first-order valence-corrected chi connectivity index (χ1v) is 8.77. The molecule has 3 N–H and O–H groups in total. The number of hydrogen-bond acceptors (Lipinski definition) is 5. The fourth-order valence-electron chi connectivity index (χ4n) is 3.59. The zero-order valence-electron chi connectivity index (χ0n) is 15.0. The molecule has 1 aromatic rings. The number of carboxylic acid groups (broad SMARTS) is 1. The van der Waals surface area contributed by atoms with Crippen molar-refractivity contribution >= 4 is 35.9 Å². The highest BCUT2D eigenvalue weighted by molar-refractivity contribution is 6.01. The molecule has 0 saturated carbocycles. The van der Waals surface area contributed by atoms with Gasteiger partial charge >= 0.3 is 5.97 Å². The number of carbonyl (C=O) groups excluding carboxylic acids is 2. The number of alkyl halides is 2. The highest BCUT2D eigenvalue weighted by Crippen LogP contribution is 2.40. The van der Waals surface area contributed by atoms with E-state index in [9.17, 15) is 23.2 Å². The predicted octanol–water partition coefficient (Wildman–Crippen LogP) is 1.83. The summed E-state index contributed by atoms with van der Waals surface area (Å²) in [6.07, 6.45) is 0.801. The zero-order chi connectivity index (χ0) is 19.6. The molecule has 0 bridgehead atoms. The van der Waals surface area contributed by atoms with Crippen molar-refractivity contribution in [3.63, 3.8) is 0 Å². The van der Waals surface area contributed by atoms with Gasteiger partial charge in [-0.15, -0.1) is 12.4 Å². The summed E-state index contributed by atoms with van der Waals surface area (Å²) in [5, 5.41) is 14.0. The Balaban J connectivity index is 0.00000280. The molecule has 2 aliphatic rings. The molecule has 28 heavy (non-hydrogen) atoms. The van der Waals surface area contributed by atoms with Crippen LogP contribution in [0.1, 0.15) is 30.7 Å². The smallest absolute Gasteiger partial charge is 0.317 e. The second kappa shape index (κ2) is 8.83. The summed E-state index contributed by atoms with van der Waals surface area (Å²) in [5.74, 6) is -5.82. The minimum Gasteiger partial charge on any atom is -0.480 e. The highest BCUT2D eigenvalue weighted by Gasteiger charge is 2.45. The van der Waals surface area contributed by atoms with Crippen LogP contribution in [0.2, 0.25) is 0 Å². The second-order valence-corrected chi connectivity index (χ2v) is 6.98. The number of carbonyl (C=O) groups is 3. The summed E-state index contributed by atoms with van der Waals surface area (Å²) < 4.78 is 29.0. The third-order valence-corrected chi connectivity index (χ3v) is 4.93. The molecule has 0 radical (unpaired) electrons. The maximum Gasteiger partial charge on any atom is 0.317 e. The number of imide groups is 1. The van der Waals surface area contributed by atoms with Gasteiger partial charge in [-0.1, -0.05) is 12.1 Å². The Morgan fingerprint density at radius 3 is 2.50 bits per heavy atom. The quantitative estimate of drug-likeness (QED) is 0.632. The van der Waals surface area contributed by atoms with Gasteiger partial charge in [0.15, 0.2) is 0 Å². The van der Waals surface area contributed by atoms with Crippen LogP contribution < -0.4 is 10.6 Å². The van der Waals surface area contributed by atoms with Crippen molar-refractivity contribution in [2.45, 2.75) is 37.1 Å². The fourth-order valence-corrected chi connectivity index (χ4v) is 3.59. The van der Waals surface area contributed by atoms with Crippen LogP contribution in [0, 0.1) is 0 Å². The van der Waals surface area contributed by atoms with Crippen LogP contribution in [0.25, 0.3) is 0 Å². The van der Waals surface area contributed by atoms with E-state index in [1.807, 2.05) is 0 Å². The highest BCUT2D eigenvalue weighted by atomic mass is 35.5. The van der Waals surface area contributed by atoms with Gasteiger partial charge in [-0.3, -0.25) is 24.6 Å². The number of carboxylic acids is 1. The van der Waals surface area contributed by atoms with E-state index in [1.54, 1.807) is 24.3 Å². The lowest BCUT2D eigenvalue weighted by Gasteiger charge is -2.38. The number of nitrogens with one attached hydrogen (secondary N) is 2. The van der Waals surface area contributed by atoms with Crippen molar-refractivity contribution in [1.29, 1.82) is 0 Å². The molecule has 2 saturated heterocycles. The van der Waals surface area contributed by atoms with E-state index in [1.165, 1.54) is 4.90 Å². The zero-order valence-corrected chi connectivity index (χ0v) is 15.8. The molecule has 7 nitrogen and oxygen atoms in total. The van der Waals surface area contributed by atoms with Gasteiger partial charge in [0.1, 0.15) is 6.04 Å². The lowest BCUT2D eigenvalue weighted by Crippen LogP contribution is -2.48. The molecular weight excluding hydrogens is 396 g/mol. The van der Waals surface area contributed by atoms with Gasteiger partial charge in [-0.05, 0) is 37.1 Å². The van der Waals surface area contributed by atoms with E-state index in [0.29, 0.717) is 24.2 Å². The number of halogens is 3. The van der Waals surface area contributed by atoms with Gasteiger partial charge < -0.3 is 10.4 Å². The van der Waals surface area contributed by atoms with Gasteiger partial charge in [-0.25, -0.2) is 8.78 Å². The van der Waals surface area contributed by atoms with E-state index in [4.69, 9.17) is 5.11 Å². The van der Waals surface area contributed by atoms with E-state index < -0.39 is 42.8 Å². The van der Waals surface area contributed by atoms with Crippen molar-refractivity contribution in [1.82, 2.24) is 10.2 Å². The van der Waals surface area contributed by atoms with Gasteiger partial charge in [-0.2, -0.15) is 0 Å². The summed E-state index contributed by atoms with van der Waals surface area (Å²) in [5.41, 5.74) is 1.09. The van der Waals surface area contributed by atoms with Crippen LogP contribution in [0.4, 0.5) is 14.5 Å². The first-order chi connectivity index (χ1) is 12.7. The lowest BCUT2D eigenvalue weighted by molar-refractivity contribution is -0.142. The summed E-state index contributed by atoms with van der Waals surface area (Å²) in [6.45, 7) is -0.680. The van der Waals surface area contributed by atoms with E-state index in [2.05, 4.69) is 10.6 Å². The lowest BCUT2D eigenvalue weighted by atomic mass is 9.86. The normalized spacial score (nSPS) is 24.8.